The average Bonchev–Trinajstić information content (AvgIpc) is 3.06. The number of piperidine rings is 1. The molecule has 5 rings (SSSR count). The molecule has 2 aromatic carbocycles. The number of likely N-dealkylation sites (tertiary alicyclic amines) is 1. The van der Waals surface area contributed by atoms with E-state index in [0.29, 0.717) is 38.8 Å². The van der Waals surface area contributed by atoms with E-state index in [4.69, 9.17) is 4.74 Å². The van der Waals surface area contributed by atoms with Crippen LogP contribution < -0.4 is 16.2 Å². The van der Waals surface area contributed by atoms with Crippen LogP contribution >= 0.6 is 27.0 Å². The fraction of sp³-hybridized carbons (Fsp3) is 0.400. The first-order valence-electron chi connectivity index (χ1n) is 15.5. The van der Waals surface area contributed by atoms with Crippen LogP contribution in [0.3, 0.4) is 0 Å². The number of hydrogen-bond acceptors (Lipinski definition) is 6. The van der Waals surface area contributed by atoms with Crippen LogP contribution in [0.2, 0.25) is 0 Å². The van der Waals surface area contributed by atoms with Crippen LogP contribution in [0.5, 0.6) is 0 Å². The van der Waals surface area contributed by atoms with Crippen molar-refractivity contribution in [1.82, 2.24) is 20.1 Å². The molecule has 1 aromatic heterocycles. The number of fused-ring (bicyclic) bond motifs is 1. The van der Waals surface area contributed by atoms with Crippen LogP contribution in [0.4, 0.5) is 0 Å². The van der Waals surface area contributed by atoms with Crippen molar-refractivity contribution in [2.24, 2.45) is 7.05 Å². The summed E-state index contributed by atoms with van der Waals surface area (Å²) < 4.78 is 6.51. The minimum atomic E-state index is -1.10. The van der Waals surface area contributed by atoms with Gasteiger partial charge in [-0.2, -0.15) is 27.0 Å². The molecule has 2 aliphatic rings. The molecule has 12 heteroatoms. The summed E-state index contributed by atoms with van der Waals surface area (Å²) in [5.74, 6) is -1.66. The van der Waals surface area contributed by atoms with E-state index in [0.717, 1.165) is 16.7 Å². The van der Waals surface area contributed by atoms with E-state index in [2.05, 4.69) is 10.6 Å². The van der Waals surface area contributed by atoms with Gasteiger partial charge in [-0.15, -0.1) is 0 Å². The Bertz CT molecular complexity index is 1640. The van der Waals surface area contributed by atoms with Crippen molar-refractivity contribution >= 4 is 50.7 Å². The number of aromatic nitrogens is 1. The third kappa shape index (κ3) is 7.59. The van der Waals surface area contributed by atoms with Gasteiger partial charge < -0.3 is 24.8 Å². The summed E-state index contributed by atoms with van der Waals surface area (Å²) in [5.41, 5.74) is 0.991. The van der Waals surface area contributed by atoms with E-state index < -0.39 is 29.3 Å². The summed E-state index contributed by atoms with van der Waals surface area (Å²) in [7, 11) is 1.60. The van der Waals surface area contributed by atoms with E-state index in [-0.39, 0.29) is 62.6 Å². The minimum absolute atomic E-state index is 0. The van der Waals surface area contributed by atoms with Crippen molar-refractivity contribution in [3.05, 3.63) is 106 Å². The van der Waals surface area contributed by atoms with Gasteiger partial charge in [0.05, 0.1) is 17.9 Å². The molecule has 47 heavy (non-hydrogen) atoms. The quantitative estimate of drug-likeness (QED) is 0.352. The average molecular weight is 681 g/mol. The number of esters is 1. The fourth-order valence-corrected chi connectivity index (χ4v) is 6.63. The first-order valence-corrected chi connectivity index (χ1v) is 15.5. The Labute approximate surface area is 289 Å². The van der Waals surface area contributed by atoms with Crippen LogP contribution in [0.15, 0.2) is 77.7 Å². The maximum Gasteiger partial charge on any atom is 0.328 e. The van der Waals surface area contributed by atoms with Crippen molar-refractivity contribution in [3.8, 4) is 0 Å². The predicted octanol–water partition coefficient (Wildman–Crippen LogP) is 3.26. The van der Waals surface area contributed by atoms with Crippen molar-refractivity contribution in [1.29, 1.82) is 0 Å². The maximum absolute atomic E-state index is 14.2. The second kappa shape index (κ2) is 16.2. The molecule has 1 fully saturated rings. The molecule has 1 aliphatic heterocycles. The third-order valence-electron chi connectivity index (χ3n) is 9.05. The monoisotopic (exact) mass is 680 g/mol. The Balaban J connectivity index is 0.00000300. The lowest BCUT2D eigenvalue weighted by Gasteiger charge is -2.43. The highest BCUT2D eigenvalue weighted by atomic mass is 32.1. The van der Waals surface area contributed by atoms with Crippen molar-refractivity contribution in [2.75, 3.05) is 19.7 Å². The zero-order chi connectivity index (χ0) is 32.1. The topological polar surface area (TPSA) is 127 Å². The fourth-order valence-electron chi connectivity index (χ4n) is 6.63. The number of pyridine rings is 1. The van der Waals surface area contributed by atoms with Gasteiger partial charge in [0, 0.05) is 32.4 Å². The molecule has 3 amide bonds. The van der Waals surface area contributed by atoms with Gasteiger partial charge in [-0.1, -0.05) is 54.6 Å². The van der Waals surface area contributed by atoms with Gasteiger partial charge in [-0.3, -0.25) is 19.2 Å². The number of carbonyl (C=O) groups excluding carboxylic acids is 4. The maximum atomic E-state index is 14.2. The number of hydrogen-bond donors (Lipinski definition) is 2. The number of ether oxygens (including phenoxy) is 1. The minimum Gasteiger partial charge on any atom is -0.464 e. The van der Waals surface area contributed by atoms with Crippen molar-refractivity contribution in [2.45, 2.75) is 62.9 Å². The van der Waals surface area contributed by atoms with E-state index in [1.807, 2.05) is 59.5 Å². The van der Waals surface area contributed by atoms with Gasteiger partial charge >= 0.3 is 5.97 Å². The van der Waals surface area contributed by atoms with Gasteiger partial charge in [-0.25, -0.2) is 4.79 Å². The summed E-state index contributed by atoms with van der Waals surface area (Å²) in [5, 5.41) is 5.86. The molecule has 3 atom stereocenters. The Morgan fingerprint density at radius 3 is 2.28 bits per heavy atom. The van der Waals surface area contributed by atoms with E-state index >= 15 is 0 Å². The normalized spacial score (nSPS) is 19.6. The van der Waals surface area contributed by atoms with E-state index in [1.165, 1.54) is 10.6 Å². The number of aryl methyl sites for hydroxylation is 1. The molecule has 10 nitrogen and oxygen atoms in total. The molecule has 3 aromatic rings. The molecule has 0 radical (unpaired) electrons. The number of rotatable bonds is 8. The number of benzene rings is 2. The highest BCUT2D eigenvalue weighted by Gasteiger charge is 2.49. The lowest BCUT2D eigenvalue weighted by molar-refractivity contribution is -0.147. The molecular formula is C35H44N4O6S2. The molecule has 0 spiro atoms. The molecule has 0 saturated carbocycles. The molecule has 2 heterocycles. The zero-order valence-corrected chi connectivity index (χ0v) is 29.0. The summed E-state index contributed by atoms with van der Waals surface area (Å²) in [6.07, 6.45) is 3.57. The highest BCUT2D eigenvalue weighted by molar-refractivity contribution is 7.59. The zero-order valence-electron chi connectivity index (χ0n) is 27.0. The summed E-state index contributed by atoms with van der Waals surface area (Å²) in [4.78, 5) is 67.6. The lowest BCUT2D eigenvalue weighted by atomic mass is 9.62. The predicted molar refractivity (Wildman–Crippen MR) is 189 cm³/mol. The largest absolute Gasteiger partial charge is 0.464 e. The van der Waals surface area contributed by atoms with E-state index in [9.17, 15) is 24.0 Å². The molecule has 252 valence electrons. The van der Waals surface area contributed by atoms with Crippen LogP contribution in [0.25, 0.3) is 0 Å². The molecular weight excluding hydrogens is 637 g/mol. The number of nitrogens with zero attached hydrogens (tertiary/aromatic N) is 2. The third-order valence-corrected chi connectivity index (χ3v) is 9.05. The molecule has 0 unspecified atom stereocenters. The molecule has 1 aliphatic carbocycles. The Morgan fingerprint density at radius 2 is 1.60 bits per heavy atom. The molecule has 2 N–H and O–H groups in total. The lowest BCUT2D eigenvalue weighted by Crippen LogP contribution is -2.53. The smallest absolute Gasteiger partial charge is 0.328 e. The molecule has 1 saturated heterocycles. The Morgan fingerprint density at radius 1 is 0.936 bits per heavy atom. The first kappa shape index (κ1) is 37.4. The van der Waals surface area contributed by atoms with Crippen LogP contribution in [0, 0.1) is 0 Å². The second-order valence-corrected chi connectivity index (χ2v) is 11.8. The van der Waals surface area contributed by atoms with Gasteiger partial charge in [0.2, 0.25) is 11.8 Å². The van der Waals surface area contributed by atoms with Crippen LogP contribution in [-0.2, 0) is 31.6 Å². The highest BCUT2D eigenvalue weighted by Crippen LogP contribution is 2.48. The number of carbonyl (C=O) groups is 4. The summed E-state index contributed by atoms with van der Waals surface area (Å²) in [6, 6.07) is 19.3. The number of nitrogens with one attached hydrogen (secondary N) is 2. The Kier molecular flexibility index (Phi) is 12.9. The second-order valence-electron chi connectivity index (χ2n) is 11.8. The SMILES string of the molecule is CCOC(=O)[C@H](C)NC(=O)[C@@]1(c2ccccc2)CC[C@H](C(=O)N2CCC(NC(=O)c3cccn(C)c3=O)CC2)c2ccccc21.S.S. The van der Waals surface area contributed by atoms with Gasteiger partial charge in [0.15, 0.2) is 0 Å². The van der Waals surface area contributed by atoms with Crippen molar-refractivity contribution in [3.63, 3.8) is 0 Å². The summed E-state index contributed by atoms with van der Waals surface area (Å²) >= 11 is 0. The van der Waals surface area contributed by atoms with Crippen LogP contribution in [0.1, 0.15) is 72.5 Å². The summed E-state index contributed by atoms with van der Waals surface area (Å²) in [6.45, 7) is 4.49. The van der Waals surface area contributed by atoms with Gasteiger partial charge in [-0.05, 0) is 68.4 Å². The van der Waals surface area contributed by atoms with Gasteiger partial charge in [0.1, 0.15) is 11.6 Å². The standard InChI is InChI=1S/C35H40N4O6.2H2S/c1-4-45-33(43)23(2)36-34(44)35(24-11-6-5-7-12-24)19-16-27(26-13-8-9-15-29(26)35)32(42)39-21-17-25(18-22-39)37-30(40)28-14-10-20-38(3)31(28)41;;/h5-15,20,23,25,27H,4,16-19,21-22H2,1-3H3,(H,36,44)(H,37,40);2*1H2/t23-,27-,35+;;/m0../s1. The van der Waals surface area contributed by atoms with Crippen LogP contribution in [-0.4, -0.2) is 64.9 Å². The van der Waals surface area contributed by atoms with E-state index in [1.54, 1.807) is 33.2 Å². The Hall–Kier alpha value is -4.03. The van der Waals surface area contributed by atoms with Crippen molar-refractivity contribution < 1.29 is 23.9 Å². The molecule has 0 bridgehead atoms. The first-order chi connectivity index (χ1) is 21.7. The van der Waals surface area contributed by atoms with Gasteiger partial charge in [0.25, 0.3) is 11.5 Å². The number of amides is 3.